The Labute approximate surface area is 118 Å². The normalized spacial score (nSPS) is 8.31. The van der Waals surface area contributed by atoms with Crippen molar-refractivity contribution in [3.63, 3.8) is 0 Å². The molecule has 0 spiro atoms. The van der Waals surface area contributed by atoms with Gasteiger partial charge in [-0.1, -0.05) is 30.3 Å². The van der Waals surface area contributed by atoms with E-state index in [9.17, 15) is 0 Å². The van der Waals surface area contributed by atoms with Gasteiger partial charge in [-0.25, -0.2) is 0 Å². The van der Waals surface area contributed by atoms with Crippen LogP contribution in [0.2, 0.25) is 0 Å². The maximum Gasteiger partial charge on any atom is 2.00 e. The van der Waals surface area contributed by atoms with Crippen LogP contribution in [0.4, 0.5) is 5.69 Å². The van der Waals surface area contributed by atoms with E-state index in [1.165, 1.54) is 7.05 Å². The van der Waals surface area contributed by atoms with Gasteiger partial charge in [0, 0.05) is 12.7 Å². The molecule has 0 aromatic heterocycles. The van der Waals surface area contributed by atoms with Gasteiger partial charge in [0.05, 0.1) is 0 Å². The van der Waals surface area contributed by atoms with Crippen LogP contribution in [0.15, 0.2) is 52.7 Å². The van der Waals surface area contributed by atoms with Gasteiger partial charge >= 0.3 is 31.1 Å². The van der Waals surface area contributed by atoms with Gasteiger partial charge in [0.15, 0.2) is 0 Å². The molecule has 0 amide bonds. The van der Waals surface area contributed by atoms with E-state index in [2.05, 4.69) is 10.2 Å². The summed E-state index contributed by atoms with van der Waals surface area (Å²) in [5.74, 6) is 0. The molecule has 0 unspecified atom stereocenters. The van der Waals surface area contributed by atoms with Crippen molar-refractivity contribution in [2.24, 2.45) is 10.2 Å². The van der Waals surface area contributed by atoms with Crippen molar-refractivity contribution in [1.29, 1.82) is 0 Å². The molecular weight excluding hydrogens is 426 g/mol. The van der Waals surface area contributed by atoms with E-state index in [0.717, 1.165) is 10.8 Å². The average Bonchev–Trinajstić information content (AvgIpc) is 2.29. The zero-order valence-electron chi connectivity index (χ0n) is 8.83. The first-order valence-electron chi connectivity index (χ1n) is 4.39. The first-order valence-corrected chi connectivity index (χ1v) is 4.39. The van der Waals surface area contributed by atoms with E-state index in [-0.39, 0.29) is 31.1 Å². The van der Waals surface area contributed by atoms with Gasteiger partial charge in [-0.15, -0.1) is 0 Å². The minimum atomic E-state index is 0. The fraction of sp³-hybridized carbons (Fsp3) is 0.0909. The van der Waals surface area contributed by atoms with Crippen LogP contribution in [0.3, 0.4) is 0 Å². The zero-order valence-corrected chi connectivity index (χ0v) is 13.0. The van der Waals surface area contributed by atoms with Crippen LogP contribution in [0.1, 0.15) is 0 Å². The second-order valence-corrected chi connectivity index (χ2v) is 2.83. The summed E-state index contributed by atoms with van der Waals surface area (Å²) in [6, 6.07) is 13.5. The smallest absolute Gasteiger partial charge is 0.712 e. The second-order valence-electron chi connectivity index (χ2n) is 2.83. The van der Waals surface area contributed by atoms with Crippen molar-refractivity contribution >= 4 is 16.5 Å². The number of nitrogens with zero attached hydrogens (tertiary/aromatic N) is 4. The van der Waals surface area contributed by atoms with Crippen LogP contribution < -0.4 is 0 Å². The maximum atomic E-state index is 8.52. The van der Waals surface area contributed by atoms with E-state index < -0.39 is 0 Å². The van der Waals surface area contributed by atoms with Crippen molar-refractivity contribution in [3.8, 4) is 0 Å². The summed E-state index contributed by atoms with van der Waals surface area (Å²) in [5, 5.41) is 7.87. The summed E-state index contributed by atoms with van der Waals surface area (Å²) in [4.78, 5) is 0. The third kappa shape index (κ3) is 4.21. The molecular formula is C11H10N4U. The van der Waals surface area contributed by atoms with E-state index in [0.29, 0.717) is 5.69 Å². The molecule has 2 aromatic rings. The summed E-state index contributed by atoms with van der Waals surface area (Å²) in [6.07, 6.45) is 0. The molecule has 16 heavy (non-hydrogen) atoms. The van der Waals surface area contributed by atoms with Crippen molar-refractivity contribution < 1.29 is 31.1 Å². The molecule has 0 atom stereocenters. The Bertz CT molecular complexity index is 470. The SMILES string of the molecule is CN=[N-].[N-]=Nc1ccc2ccccc2c1.[U+2]. The minimum Gasteiger partial charge on any atom is -0.712 e. The summed E-state index contributed by atoms with van der Waals surface area (Å²) >= 11 is 0. The van der Waals surface area contributed by atoms with Crippen LogP contribution in [-0.2, 0) is 0 Å². The third-order valence-electron chi connectivity index (χ3n) is 1.85. The predicted molar refractivity (Wildman–Crippen MR) is 61.1 cm³/mol. The topological polar surface area (TPSA) is 69.3 Å². The molecule has 2 rings (SSSR count). The van der Waals surface area contributed by atoms with E-state index in [4.69, 9.17) is 11.1 Å². The van der Waals surface area contributed by atoms with Gasteiger partial charge < -0.3 is 21.3 Å². The quantitative estimate of drug-likeness (QED) is 0.604. The second kappa shape index (κ2) is 8.14. The summed E-state index contributed by atoms with van der Waals surface area (Å²) < 4.78 is 0. The van der Waals surface area contributed by atoms with Crippen LogP contribution in [0.25, 0.3) is 21.8 Å². The molecule has 0 saturated carbocycles. The molecule has 0 bridgehead atoms. The molecule has 5 heteroatoms. The van der Waals surface area contributed by atoms with Crippen LogP contribution in [0, 0.1) is 31.1 Å². The monoisotopic (exact) mass is 436 g/mol. The predicted octanol–water partition coefficient (Wildman–Crippen LogP) is 4.13. The fourth-order valence-corrected chi connectivity index (χ4v) is 1.24. The molecule has 0 aliphatic heterocycles. The molecule has 0 aliphatic rings. The van der Waals surface area contributed by atoms with E-state index >= 15 is 0 Å². The molecule has 0 aliphatic carbocycles. The fourth-order valence-electron chi connectivity index (χ4n) is 1.24. The Morgan fingerprint density at radius 2 is 1.50 bits per heavy atom. The molecule has 0 N–H and O–H groups in total. The average molecular weight is 436 g/mol. The van der Waals surface area contributed by atoms with Crippen LogP contribution in [-0.4, -0.2) is 7.05 Å². The third-order valence-corrected chi connectivity index (χ3v) is 1.85. The first-order chi connectivity index (χ1) is 7.31. The first kappa shape index (κ1) is 15.0. The molecule has 4 nitrogen and oxygen atoms in total. The molecule has 0 saturated heterocycles. The van der Waals surface area contributed by atoms with E-state index in [1.807, 2.05) is 36.4 Å². The van der Waals surface area contributed by atoms with Gasteiger partial charge in [-0.05, 0) is 22.9 Å². The van der Waals surface area contributed by atoms with Crippen LogP contribution in [0.5, 0.6) is 0 Å². The van der Waals surface area contributed by atoms with Crippen molar-refractivity contribution in [2.45, 2.75) is 0 Å². The molecule has 0 fully saturated rings. The largest absolute Gasteiger partial charge is 2.00 e. The van der Waals surface area contributed by atoms with Gasteiger partial charge in [0.25, 0.3) is 0 Å². The van der Waals surface area contributed by atoms with Gasteiger partial charge in [-0.3, -0.25) is 0 Å². The Kier molecular flexibility index (Phi) is 7.61. The molecule has 2 aromatic carbocycles. The van der Waals surface area contributed by atoms with Gasteiger partial charge in [0.1, 0.15) is 0 Å². The summed E-state index contributed by atoms with van der Waals surface area (Å²) in [6.45, 7) is 0. The zero-order chi connectivity index (χ0) is 11.1. The van der Waals surface area contributed by atoms with Crippen LogP contribution >= 0.6 is 0 Å². The number of hydrogen-bond acceptors (Lipinski definition) is 2. The number of fused-ring (bicyclic) bond motifs is 1. The number of rotatable bonds is 1. The van der Waals surface area contributed by atoms with E-state index in [1.54, 1.807) is 6.07 Å². The molecule has 78 valence electrons. The standard InChI is InChI=1S/C10H7N2.CH3N2.U/c11-12-10-6-5-8-3-1-2-4-9(8)7-10;1-3-2;/h1-7H;1H3;/q2*-1;+2. The van der Waals surface area contributed by atoms with Gasteiger partial charge in [0.2, 0.25) is 0 Å². The molecule has 0 heterocycles. The molecule has 0 radical (unpaired) electrons. The van der Waals surface area contributed by atoms with Crippen molar-refractivity contribution in [3.05, 3.63) is 53.5 Å². The summed E-state index contributed by atoms with van der Waals surface area (Å²) in [7, 11) is 1.31. The number of benzene rings is 2. The Hall–Kier alpha value is -1.05. The minimum absolute atomic E-state index is 0. The van der Waals surface area contributed by atoms with Crippen molar-refractivity contribution in [1.82, 2.24) is 0 Å². The Balaban J connectivity index is 0.000000511. The summed E-state index contributed by atoms with van der Waals surface area (Å²) in [5.41, 5.74) is 16.3. The maximum absolute atomic E-state index is 8.52. The Morgan fingerprint density at radius 3 is 2.06 bits per heavy atom. The Morgan fingerprint density at radius 1 is 0.938 bits per heavy atom. The number of hydrogen-bond donors (Lipinski definition) is 0. The van der Waals surface area contributed by atoms with Crippen molar-refractivity contribution in [2.75, 3.05) is 7.05 Å². The van der Waals surface area contributed by atoms with Gasteiger partial charge in [-0.2, -0.15) is 0 Å².